The molecule has 0 bridgehead atoms. The highest BCUT2D eigenvalue weighted by atomic mass is 32.2. The fourth-order valence-electron chi connectivity index (χ4n) is 2.29. The zero-order chi connectivity index (χ0) is 18.5. The van der Waals surface area contributed by atoms with Crippen molar-refractivity contribution in [2.75, 3.05) is 5.84 Å². The largest absolute Gasteiger partial charge is 0.351 e. The normalized spacial score (nSPS) is 11.9. The molecule has 3 aromatic rings. The summed E-state index contributed by atoms with van der Waals surface area (Å²) in [6.45, 7) is 2.23. The number of nitrogen functional groups attached to an aromatic ring is 1. The van der Waals surface area contributed by atoms with E-state index in [9.17, 15) is 9.18 Å². The van der Waals surface area contributed by atoms with E-state index in [2.05, 4.69) is 15.5 Å². The average Bonchev–Trinajstić information content (AvgIpc) is 3.01. The predicted molar refractivity (Wildman–Crippen MR) is 99.2 cm³/mol. The van der Waals surface area contributed by atoms with Gasteiger partial charge in [-0.15, -0.1) is 10.2 Å². The van der Waals surface area contributed by atoms with E-state index in [1.807, 2.05) is 30.3 Å². The maximum atomic E-state index is 13.0. The minimum absolute atomic E-state index is 0.120. The number of rotatable bonds is 6. The van der Waals surface area contributed by atoms with Gasteiger partial charge in [-0.05, 0) is 36.8 Å². The van der Waals surface area contributed by atoms with Crippen molar-refractivity contribution in [2.24, 2.45) is 0 Å². The summed E-state index contributed by atoms with van der Waals surface area (Å²) >= 11 is 1.21. The minimum atomic E-state index is -0.397. The molecule has 0 aliphatic heterocycles. The maximum absolute atomic E-state index is 13.0. The molecule has 2 aromatic carbocycles. The number of hydrogen-bond acceptors (Lipinski definition) is 5. The molecule has 0 spiro atoms. The summed E-state index contributed by atoms with van der Waals surface area (Å²) in [5.41, 5.74) is 1.67. The average molecular weight is 371 g/mol. The van der Waals surface area contributed by atoms with Crippen molar-refractivity contribution in [1.82, 2.24) is 20.2 Å². The van der Waals surface area contributed by atoms with Gasteiger partial charge in [0.15, 0.2) is 5.82 Å². The van der Waals surface area contributed by atoms with Crippen molar-refractivity contribution in [1.29, 1.82) is 0 Å². The number of nitrogens with zero attached hydrogens (tertiary/aromatic N) is 3. The first-order valence-corrected chi connectivity index (χ1v) is 8.87. The predicted octanol–water partition coefficient (Wildman–Crippen LogP) is 2.60. The number of benzene rings is 2. The Balaban J connectivity index is 1.63. The van der Waals surface area contributed by atoms with Crippen LogP contribution in [-0.4, -0.2) is 26.0 Å². The molecule has 0 aliphatic carbocycles. The number of halogens is 1. The van der Waals surface area contributed by atoms with Crippen LogP contribution in [0.2, 0.25) is 0 Å². The first-order chi connectivity index (χ1) is 12.5. The van der Waals surface area contributed by atoms with E-state index < -0.39 is 5.25 Å². The summed E-state index contributed by atoms with van der Waals surface area (Å²) in [5, 5.41) is 11.0. The van der Waals surface area contributed by atoms with Crippen molar-refractivity contribution in [3.05, 3.63) is 66.0 Å². The SMILES string of the molecule is C[C@@H](Sc1nnc(-c2ccc(F)cc2)n1N)C(=O)NCc1ccccc1. The van der Waals surface area contributed by atoms with E-state index in [-0.39, 0.29) is 11.7 Å². The number of amides is 1. The van der Waals surface area contributed by atoms with Gasteiger partial charge in [0, 0.05) is 12.1 Å². The zero-order valence-corrected chi connectivity index (χ0v) is 14.9. The van der Waals surface area contributed by atoms with Crippen LogP contribution in [0.1, 0.15) is 12.5 Å². The molecule has 8 heteroatoms. The lowest BCUT2D eigenvalue weighted by Gasteiger charge is -2.11. The minimum Gasteiger partial charge on any atom is -0.351 e. The fraction of sp³-hybridized carbons (Fsp3) is 0.167. The Morgan fingerprint density at radius 1 is 1.19 bits per heavy atom. The molecule has 1 amide bonds. The molecule has 1 heterocycles. The third-order valence-corrected chi connectivity index (χ3v) is 4.78. The number of thioether (sulfide) groups is 1. The van der Waals surface area contributed by atoms with Gasteiger partial charge in [0.25, 0.3) is 0 Å². The Morgan fingerprint density at radius 3 is 2.58 bits per heavy atom. The highest BCUT2D eigenvalue weighted by molar-refractivity contribution is 8.00. The third kappa shape index (κ3) is 4.20. The second-order valence-electron chi connectivity index (χ2n) is 5.65. The Labute approximate surface area is 154 Å². The standard InChI is InChI=1S/C18H18FN5OS/c1-12(17(25)21-11-13-5-3-2-4-6-13)26-18-23-22-16(24(18)20)14-7-9-15(19)10-8-14/h2-10,12H,11,20H2,1H3,(H,21,25)/t12-/m1/s1. The first-order valence-electron chi connectivity index (χ1n) is 7.99. The summed E-state index contributed by atoms with van der Waals surface area (Å²) < 4.78 is 14.3. The van der Waals surface area contributed by atoms with Crippen molar-refractivity contribution < 1.29 is 9.18 Å². The van der Waals surface area contributed by atoms with Gasteiger partial charge in [-0.25, -0.2) is 9.07 Å². The van der Waals surface area contributed by atoms with E-state index in [0.717, 1.165) is 5.56 Å². The summed E-state index contributed by atoms with van der Waals surface area (Å²) in [7, 11) is 0. The fourth-order valence-corrected chi connectivity index (χ4v) is 3.09. The topological polar surface area (TPSA) is 85.8 Å². The lowest BCUT2D eigenvalue weighted by molar-refractivity contribution is -0.120. The van der Waals surface area contributed by atoms with E-state index in [4.69, 9.17) is 5.84 Å². The van der Waals surface area contributed by atoms with Crippen LogP contribution >= 0.6 is 11.8 Å². The van der Waals surface area contributed by atoms with E-state index >= 15 is 0 Å². The molecule has 0 unspecified atom stereocenters. The lowest BCUT2D eigenvalue weighted by atomic mass is 10.2. The van der Waals surface area contributed by atoms with Crippen LogP contribution in [0.15, 0.2) is 59.8 Å². The molecule has 0 saturated heterocycles. The molecule has 3 rings (SSSR count). The lowest BCUT2D eigenvalue weighted by Crippen LogP contribution is -2.30. The smallest absolute Gasteiger partial charge is 0.233 e. The van der Waals surface area contributed by atoms with E-state index in [1.54, 1.807) is 19.1 Å². The van der Waals surface area contributed by atoms with Crippen molar-refractivity contribution in [3.63, 3.8) is 0 Å². The molecule has 0 aliphatic rings. The van der Waals surface area contributed by atoms with Gasteiger partial charge in [-0.3, -0.25) is 4.79 Å². The summed E-state index contributed by atoms with van der Waals surface area (Å²) in [6, 6.07) is 15.5. The Morgan fingerprint density at radius 2 is 1.88 bits per heavy atom. The Kier molecular flexibility index (Phi) is 5.52. The van der Waals surface area contributed by atoms with Gasteiger partial charge in [0.1, 0.15) is 5.82 Å². The third-order valence-electron chi connectivity index (χ3n) is 3.73. The van der Waals surface area contributed by atoms with E-state index in [1.165, 1.54) is 28.6 Å². The monoisotopic (exact) mass is 371 g/mol. The maximum Gasteiger partial charge on any atom is 0.233 e. The Hall–Kier alpha value is -2.87. The molecule has 26 heavy (non-hydrogen) atoms. The van der Waals surface area contributed by atoms with Crippen molar-refractivity contribution in [2.45, 2.75) is 23.9 Å². The second-order valence-corrected chi connectivity index (χ2v) is 6.95. The molecule has 1 aromatic heterocycles. The zero-order valence-electron chi connectivity index (χ0n) is 14.1. The highest BCUT2D eigenvalue weighted by Gasteiger charge is 2.19. The molecule has 0 radical (unpaired) electrons. The van der Waals surface area contributed by atoms with Gasteiger partial charge in [-0.1, -0.05) is 42.1 Å². The number of carbonyl (C=O) groups excluding carboxylic acids is 1. The number of nitrogens with two attached hydrogens (primary N) is 1. The van der Waals surface area contributed by atoms with Gasteiger partial charge < -0.3 is 11.2 Å². The Bertz CT molecular complexity index is 882. The van der Waals surface area contributed by atoms with Crippen molar-refractivity contribution >= 4 is 17.7 Å². The quantitative estimate of drug-likeness (QED) is 0.514. The van der Waals surface area contributed by atoms with Crippen LogP contribution in [0.5, 0.6) is 0 Å². The summed E-state index contributed by atoms with van der Waals surface area (Å²) in [6.07, 6.45) is 0. The number of carbonyl (C=O) groups is 1. The van der Waals surface area contributed by atoms with E-state index in [0.29, 0.717) is 23.1 Å². The number of aromatic nitrogens is 3. The van der Waals surface area contributed by atoms with Crippen LogP contribution < -0.4 is 11.2 Å². The number of nitrogens with one attached hydrogen (secondary N) is 1. The summed E-state index contributed by atoms with van der Waals surface area (Å²) in [4.78, 5) is 12.3. The van der Waals surface area contributed by atoms with Crippen LogP contribution in [0.25, 0.3) is 11.4 Å². The molecular weight excluding hydrogens is 353 g/mol. The van der Waals surface area contributed by atoms with Crippen LogP contribution in [-0.2, 0) is 11.3 Å². The van der Waals surface area contributed by atoms with Gasteiger partial charge in [0.2, 0.25) is 11.1 Å². The molecule has 6 nitrogen and oxygen atoms in total. The molecule has 0 fully saturated rings. The molecule has 134 valence electrons. The number of hydrogen-bond donors (Lipinski definition) is 2. The summed E-state index contributed by atoms with van der Waals surface area (Å²) in [5.74, 6) is 5.98. The van der Waals surface area contributed by atoms with Crippen LogP contribution in [0, 0.1) is 5.82 Å². The van der Waals surface area contributed by atoms with Crippen LogP contribution in [0.3, 0.4) is 0 Å². The second kappa shape index (κ2) is 8.01. The van der Waals surface area contributed by atoms with Crippen molar-refractivity contribution in [3.8, 4) is 11.4 Å². The first kappa shape index (κ1) is 17.9. The van der Waals surface area contributed by atoms with Crippen LogP contribution in [0.4, 0.5) is 4.39 Å². The van der Waals surface area contributed by atoms with Gasteiger partial charge >= 0.3 is 0 Å². The molecule has 1 atom stereocenters. The molecular formula is C18H18FN5OS. The highest BCUT2D eigenvalue weighted by Crippen LogP contribution is 2.25. The van der Waals surface area contributed by atoms with Gasteiger partial charge in [-0.2, -0.15) is 0 Å². The molecule has 0 saturated carbocycles. The molecule has 3 N–H and O–H groups in total. The van der Waals surface area contributed by atoms with Gasteiger partial charge in [0.05, 0.1) is 5.25 Å².